The number of sulfone groups is 1. The van der Waals surface area contributed by atoms with Crippen molar-refractivity contribution < 1.29 is 8.42 Å². The molecule has 12 heavy (non-hydrogen) atoms. The molecule has 0 unspecified atom stereocenters. The molecule has 0 spiro atoms. The Hall–Kier alpha value is -0.100. The Morgan fingerprint density at radius 2 is 2.08 bits per heavy atom. The van der Waals surface area contributed by atoms with Crippen LogP contribution in [0.2, 0.25) is 0 Å². The summed E-state index contributed by atoms with van der Waals surface area (Å²) in [7, 11) is -2.90. The molecule has 0 aliphatic rings. The lowest BCUT2D eigenvalue weighted by Crippen LogP contribution is -2.00. The molecule has 0 amide bonds. The van der Waals surface area contributed by atoms with Gasteiger partial charge in [0.1, 0.15) is 0 Å². The molecule has 0 aliphatic carbocycles. The Labute approximate surface area is 86.0 Å². The maximum Gasteiger partial charge on any atom is 0.151 e. The van der Waals surface area contributed by atoms with Crippen LogP contribution in [0.15, 0.2) is 24.3 Å². The number of hydrogen-bond acceptors (Lipinski definition) is 2. The first-order chi connectivity index (χ1) is 5.47. The summed E-state index contributed by atoms with van der Waals surface area (Å²) < 4.78 is 22.9. The predicted octanol–water partition coefficient (Wildman–Crippen LogP) is 1.84. The first kappa shape index (κ1) is 9.98. The monoisotopic (exact) mass is 296 g/mol. The molecule has 0 aromatic heterocycles. The van der Waals surface area contributed by atoms with E-state index in [-0.39, 0.29) is 5.75 Å². The Bertz CT molecular complexity index is 370. The summed E-state index contributed by atoms with van der Waals surface area (Å²) in [5, 5.41) is 0. The minimum atomic E-state index is -2.90. The molecule has 1 aromatic rings. The molecule has 2 nitrogen and oxygen atoms in total. The number of benzene rings is 1. The van der Waals surface area contributed by atoms with E-state index in [1.54, 1.807) is 0 Å². The second-order valence-corrected chi connectivity index (χ2v) is 6.09. The van der Waals surface area contributed by atoms with E-state index in [0.29, 0.717) is 0 Å². The first-order valence-electron chi connectivity index (χ1n) is 3.39. The summed E-state index contributed by atoms with van der Waals surface area (Å²) in [6.45, 7) is 0. The van der Waals surface area contributed by atoms with Crippen molar-refractivity contribution in [2.75, 3.05) is 6.26 Å². The maximum atomic E-state index is 10.9. The zero-order valence-electron chi connectivity index (χ0n) is 6.62. The SMILES string of the molecule is CS(=O)(=O)Cc1cccc(I)c1. The molecule has 0 aliphatic heterocycles. The van der Waals surface area contributed by atoms with Crippen molar-refractivity contribution in [1.29, 1.82) is 0 Å². The molecule has 0 N–H and O–H groups in total. The van der Waals surface area contributed by atoms with Crippen molar-refractivity contribution in [2.45, 2.75) is 5.75 Å². The quantitative estimate of drug-likeness (QED) is 0.780. The van der Waals surface area contributed by atoms with Gasteiger partial charge in [-0.05, 0) is 40.3 Å². The zero-order chi connectivity index (χ0) is 9.19. The van der Waals surface area contributed by atoms with Crippen molar-refractivity contribution in [2.24, 2.45) is 0 Å². The fraction of sp³-hybridized carbons (Fsp3) is 0.250. The Morgan fingerprint density at radius 3 is 2.58 bits per heavy atom. The molecule has 1 rings (SSSR count). The van der Waals surface area contributed by atoms with Gasteiger partial charge in [-0.1, -0.05) is 12.1 Å². The maximum absolute atomic E-state index is 10.9. The normalized spacial score (nSPS) is 11.5. The number of rotatable bonds is 2. The van der Waals surface area contributed by atoms with E-state index >= 15 is 0 Å². The third kappa shape index (κ3) is 3.53. The largest absolute Gasteiger partial charge is 0.229 e. The van der Waals surface area contributed by atoms with Gasteiger partial charge in [-0.15, -0.1) is 0 Å². The lowest BCUT2D eigenvalue weighted by molar-refractivity contribution is 0.601. The van der Waals surface area contributed by atoms with Gasteiger partial charge in [-0.3, -0.25) is 0 Å². The fourth-order valence-electron chi connectivity index (χ4n) is 0.929. The highest BCUT2D eigenvalue weighted by molar-refractivity contribution is 14.1. The van der Waals surface area contributed by atoms with Crippen LogP contribution in [0.25, 0.3) is 0 Å². The van der Waals surface area contributed by atoms with E-state index < -0.39 is 9.84 Å². The first-order valence-corrected chi connectivity index (χ1v) is 6.53. The molecule has 0 saturated heterocycles. The van der Waals surface area contributed by atoms with Crippen molar-refractivity contribution in [1.82, 2.24) is 0 Å². The molecule has 66 valence electrons. The second-order valence-electron chi connectivity index (χ2n) is 2.70. The topological polar surface area (TPSA) is 34.1 Å². The van der Waals surface area contributed by atoms with Crippen LogP contribution >= 0.6 is 22.6 Å². The second kappa shape index (κ2) is 3.74. The van der Waals surface area contributed by atoms with Gasteiger partial charge in [0.05, 0.1) is 5.75 Å². The van der Waals surface area contributed by atoms with E-state index in [4.69, 9.17) is 0 Å². The van der Waals surface area contributed by atoms with Crippen LogP contribution < -0.4 is 0 Å². The third-order valence-corrected chi connectivity index (χ3v) is 2.85. The Kier molecular flexibility index (Phi) is 3.11. The lowest BCUT2D eigenvalue weighted by atomic mass is 10.2. The van der Waals surface area contributed by atoms with Crippen molar-refractivity contribution in [3.8, 4) is 0 Å². The standard InChI is InChI=1S/C8H9IO2S/c1-12(10,11)6-7-3-2-4-8(9)5-7/h2-5H,6H2,1H3. The average molecular weight is 296 g/mol. The number of hydrogen-bond donors (Lipinski definition) is 0. The van der Waals surface area contributed by atoms with E-state index in [1.165, 1.54) is 6.26 Å². The van der Waals surface area contributed by atoms with Crippen LogP contribution in [0.1, 0.15) is 5.56 Å². The molecule has 0 atom stereocenters. The van der Waals surface area contributed by atoms with Crippen molar-refractivity contribution in [3.05, 3.63) is 33.4 Å². The summed E-state index contributed by atoms with van der Waals surface area (Å²) in [5.74, 6) is 0.129. The van der Waals surface area contributed by atoms with Crippen LogP contribution in [0.4, 0.5) is 0 Å². The lowest BCUT2D eigenvalue weighted by Gasteiger charge is -1.98. The predicted molar refractivity (Wildman–Crippen MR) is 57.7 cm³/mol. The van der Waals surface area contributed by atoms with Gasteiger partial charge < -0.3 is 0 Å². The fourth-order valence-corrected chi connectivity index (χ4v) is 2.32. The summed E-state index contributed by atoms with van der Waals surface area (Å²) in [4.78, 5) is 0. The molecule has 0 bridgehead atoms. The smallest absolute Gasteiger partial charge is 0.151 e. The summed E-state index contributed by atoms with van der Waals surface area (Å²) in [5.41, 5.74) is 0.851. The average Bonchev–Trinajstić information content (AvgIpc) is 1.82. The highest BCUT2D eigenvalue weighted by Crippen LogP contribution is 2.10. The van der Waals surface area contributed by atoms with Gasteiger partial charge in [-0.25, -0.2) is 8.42 Å². The highest BCUT2D eigenvalue weighted by Gasteiger charge is 2.03. The molecular weight excluding hydrogens is 287 g/mol. The van der Waals surface area contributed by atoms with Crippen LogP contribution in [0.5, 0.6) is 0 Å². The molecule has 0 fully saturated rings. The molecule has 1 aromatic carbocycles. The summed E-state index contributed by atoms with van der Waals surface area (Å²) in [6.07, 6.45) is 1.24. The van der Waals surface area contributed by atoms with E-state index in [0.717, 1.165) is 9.13 Å². The van der Waals surface area contributed by atoms with Gasteiger partial charge in [-0.2, -0.15) is 0 Å². The molecule has 0 saturated carbocycles. The van der Waals surface area contributed by atoms with Crippen LogP contribution in [-0.4, -0.2) is 14.7 Å². The van der Waals surface area contributed by atoms with Crippen LogP contribution in [-0.2, 0) is 15.6 Å². The molecule has 0 radical (unpaired) electrons. The third-order valence-electron chi connectivity index (χ3n) is 1.32. The van der Waals surface area contributed by atoms with Crippen LogP contribution in [0.3, 0.4) is 0 Å². The van der Waals surface area contributed by atoms with Gasteiger partial charge in [0.25, 0.3) is 0 Å². The minimum Gasteiger partial charge on any atom is -0.229 e. The van der Waals surface area contributed by atoms with Gasteiger partial charge in [0.15, 0.2) is 9.84 Å². The van der Waals surface area contributed by atoms with Crippen molar-refractivity contribution in [3.63, 3.8) is 0 Å². The summed E-state index contributed by atoms with van der Waals surface area (Å²) >= 11 is 2.16. The Balaban J connectivity index is 2.91. The molecular formula is C8H9IO2S. The van der Waals surface area contributed by atoms with E-state index in [1.807, 2.05) is 24.3 Å². The zero-order valence-corrected chi connectivity index (χ0v) is 9.59. The van der Waals surface area contributed by atoms with Gasteiger partial charge >= 0.3 is 0 Å². The van der Waals surface area contributed by atoms with Gasteiger partial charge in [0.2, 0.25) is 0 Å². The minimum absolute atomic E-state index is 0.129. The molecule has 4 heteroatoms. The van der Waals surface area contributed by atoms with Crippen LogP contribution in [0, 0.1) is 3.57 Å². The molecule has 0 heterocycles. The van der Waals surface area contributed by atoms with E-state index in [2.05, 4.69) is 22.6 Å². The van der Waals surface area contributed by atoms with Gasteiger partial charge in [0, 0.05) is 9.83 Å². The number of halogens is 1. The van der Waals surface area contributed by atoms with E-state index in [9.17, 15) is 8.42 Å². The Morgan fingerprint density at radius 1 is 1.42 bits per heavy atom. The highest BCUT2D eigenvalue weighted by atomic mass is 127. The van der Waals surface area contributed by atoms with Crippen molar-refractivity contribution >= 4 is 32.4 Å². The summed E-state index contributed by atoms with van der Waals surface area (Å²) in [6, 6.07) is 7.50.